The highest BCUT2D eigenvalue weighted by Gasteiger charge is 2.35. The molecule has 2 amide bonds. The van der Waals surface area contributed by atoms with E-state index in [2.05, 4.69) is 15.3 Å². The lowest BCUT2D eigenvalue weighted by Crippen LogP contribution is -2.28. The second-order valence-corrected chi connectivity index (χ2v) is 8.88. The van der Waals surface area contributed by atoms with E-state index < -0.39 is 0 Å². The fourth-order valence-electron chi connectivity index (χ4n) is 3.07. The van der Waals surface area contributed by atoms with E-state index in [9.17, 15) is 9.59 Å². The van der Waals surface area contributed by atoms with Gasteiger partial charge in [0.1, 0.15) is 0 Å². The number of carbonyl (C=O) groups excluding carboxylic acids is 2. The Morgan fingerprint density at radius 2 is 2.04 bits per heavy atom. The van der Waals surface area contributed by atoms with Crippen LogP contribution >= 0.6 is 22.7 Å². The Balaban J connectivity index is 1.51. The second kappa shape index (κ2) is 6.44. The van der Waals surface area contributed by atoms with Crippen molar-refractivity contribution < 1.29 is 9.59 Å². The Hall–Kier alpha value is -2.32. The number of aromatic nitrogens is 2. The van der Waals surface area contributed by atoms with Crippen molar-refractivity contribution in [3.05, 3.63) is 33.8 Å². The molecule has 1 aliphatic heterocycles. The minimum absolute atomic E-state index is 0.0389. The lowest BCUT2D eigenvalue weighted by atomic mass is 10.1. The van der Waals surface area contributed by atoms with Crippen molar-refractivity contribution in [1.82, 2.24) is 9.97 Å². The summed E-state index contributed by atoms with van der Waals surface area (Å²) in [5, 5.41) is 4.44. The summed E-state index contributed by atoms with van der Waals surface area (Å²) in [4.78, 5) is 36.6. The minimum atomic E-state index is -0.375. The van der Waals surface area contributed by atoms with Crippen molar-refractivity contribution in [3.63, 3.8) is 0 Å². The monoisotopic (exact) mass is 386 g/mol. The van der Waals surface area contributed by atoms with Gasteiger partial charge >= 0.3 is 0 Å². The molecular formula is C18H18N4O2S2. The number of fused-ring (bicyclic) bond motifs is 1. The highest BCUT2D eigenvalue weighted by molar-refractivity contribution is 7.18. The molecule has 134 valence electrons. The summed E-state index contributed by atoms with van der Waals surface area (Å²) < 4.78 is 1.10. The highest BCUT2D eigenvalue weighted by Crippen LogP contribution is 2.31. The predicted octanol–water partition coefficient (Wildman–Crippen LogP) is 3.67. The number of hydrogen-bond acceptors (Lipinski definition) is 6. The number of amides is 2. The zero-order valence-corrected chi connectivity index (χ0v) is 16.3. The smallest absolute Gasteiger partial charge is 0.231 e. The Morgan fingerprint density at radius 3 is 2.77 bits per heavy atom. The zero-order valence-electron chi connectivity index (χ0n) is 14.7. The van der Waals surface area contributed by atoms with Crippen LogP contribution in [0.5, 0.6) is 0 Å². The van der Waals surface area contributed by atoms with Crippen LogP contribution in [0.4, 0.5) is 10.8 Å². The number of nitrogens with one attached hydrogen (secondary N) is 1. The molecule has 2 aromatic heterocycles. The molecule has 0 radical (unpaired) electrons. The second-order valence-electron chi connectivity index (χ2n) is 6.44. The maximum atomic E-state index is 12.5. The van der Waals surface area contributed by atoms with Gasteiger partial charge in [0.25, 0.3) is 0 Å². The van der Waals surface area contributed by atoms with Gasteiger partial charge in [-0.1, -0.05) is 0 Å². The van der Waals surface area contributed by atoms with Crippen molar-refractivity contribution in [3.8, 4) is 0 Å². The van der Waals surface area contributed by atoms with Crippen LogP contribution in [0.3, 0.4) is 0 Å². The van der Waals surface area contributed by atoms with Gasteiger partial charge in [-0.05, 0) is 39.0 Å². The number of nitrogens with zero attached hydrogens (tertiary/aromatic N) is 3. The summed E-state index contributed by atoms with van der Waals surface area (Å²) in [7, 11) is 0. The van der Waals surface area contributed by atoms with E-state index in [1.807, 2.05) is 39.0 Å². The van der Waals surface area contributed by atoms with Crippen molar-refractivity contribution in [2.75, 3.05) is 16.8 Å². The van der Waals surface area contributed by atoms with Crippen LogP contribution < -0.4 is 10.2 Å². The number of aryl methyl sites for hydroxylation is 3. The molecule has 1 fully saturated rings. The largest absolute Gasteiger partial charge is 0.312 e. The minimum Gasteiger partial charge on any atom is -0.312 e. The van der Waals surface area contributed by atoms with Crippen molar-refractivity contribution in [1.29, 1.82) is 0 Å². The third kappa shape index (κ3) is 3.10. The molecule has 0 spiro atoms. The lowest BCUT2D eigenvalue weighted by Gasteiger charge is -2.16. The molecule has 0 aliphatic carbocycles. The number of hydrogen-bond donors (Lipinski definition) is 1. The van der Waals surface area contributed by atoms with Crippen molar-refractivity contribution in [2.45, 2.75) is 27.2 Å². The van der Waals surface area contributed by atoms with E-state index in [0.29, 0.717) is 11.7 Å². The topological polar surface area (TPSA) is 75.2 Å². The molecular weight excluding hydrogens is 368 g/mol. The fraction of sp³-hybridized carbons (Fsp3) is 0.333. The van der Waals surface area contributed by atoms with Crippen LogP contribution in [-0.2, 0) is 9.59 Å². The molecule has 26 heavy (non-hydrogen) atoms. The SMILES string of the molecule is Cc1nc2cc(N3CC(C(=O)Nc4nc(C)c(C)s4)CC3=O)ccc2s1. The van der Waals surface area contributed by atoms with Gasteiger partial charge in [0, 0.05) is 23.5 Å². The summed E-state index contributed by atoms with van der Waals surface area (Å²) in [6.07, 6.45) is 0.212. The van der Waals surface area contributed by atoms with Crippen molar-refractivity contribution in [2.24, 2.45) is 5.92 Å². The Bertz CT molecular complexity index is 1000. The number of anilines is 2. The molecule has 1 atom stereocenters. The van der Waals surface area contributed by atoms with E-state index in [1.165, 1.54) is 11.3 Å². The van der Waals surface area contributed by atoms with Gasteiger partial charge < -0.3 is 10.2 Å². The molecule has 1 aliphatic rings. The zero-order chi connectivity index (χ0) is 18.4. The Morgan fingerprint density at radius 1 is 1.23 bits per heavy atom. The van der Waals surface area contributed by atoms with Gasteiger partial charge in [-0.2, -0.15) is 0 Å². The standard InChI is InChI=1S/C18H18N4O2S2/c1-9-10(2)25-18(19-9)21-17(24)12-6-16(23)22(8-12)13-4-5-15-14(7-13)20-11(3)26-15/h4-5,7,12H,6,8H2,1-3H3,(H,19,21,24). The quantitative estimate of drug-likeness (QED) is 0.745. The van der Waals surface area contributed by atoms with Crippen LogP contribution in [0.1, 0.15) is 22.0 Å². The summed E-state index contributed by atoms with van der Waals surface area (Å²) >= 11 is 3.08. The fourth-order valence-corrected chi connectivity index (χ4v) is 4.69. The summed E-state index contributed by atoms with van der Waals surface area (Å²) in [6.45, 7) is 6.23. The first-order valence-electron chi connectivity index (χ1n) is 8.33. The summed E-state index contributed by atoms with van der Waals surface area (Å²) in [6, 6.07) is 5.83. The van der Waals surface area contributed by atoms with Crippen LogP contribution in [-0.4, -0.2) is 28.3 Å². The van der Waals surface area contributed by atoms with E-state index in [-0.39, 0.29) is 24.2 Å². The Kier molecular flexibility index (Phi) is 4.24. The molecule has 8 heteroatoms. The van der Waals surface area contributed by atoms with Gasteiger partial charge in [-0.15, -0.1) is 22.7 Å². The highest BCUT2D eigenvalue weighted by atomic mass is 32.1. The van der Waals surface area contributed by atoms with E-state index in [1.54, 1.807) is 16.2 Å². The first-order valence-corrected chi connectivity index (χ1v) is 9.96. The average molecular weight is 387 g/mol. The van der Waals surface area contributed by atoms with Crippen LogP contribution in [0.15, 0.2) is 18.2 Å². The van der Waals surface area contributed by atoms with Gasteiger partial charge in [0.05, 0.1) is 26.8 Å². The van der Waals surface area contributed by atoms with Crippen LogP contribution in [0.2, 0.25) is 0 Å². The molecule has 1 saturated heterocycles. The Labute approximate surface area is 158 Å². The maximum absolute atomic E-state index is 12.5. The third-order valence-corrected chi connectivity index (χ3v) is 6.48. The molecule has 3 heterocycles. The van der Waals surface area contributed by atoms with E-state index >= 15 is 0 Å². The lowest BCUT2D eigenvalue weighted by molar-refractivity contribution is -0.122. The van der Waals surface area contributed by atoms with E-state index in [4.69, 9.17) is 0 Å². The third-order valence-electron chi connectivity index (χ3n) is 4.54. The molecule has 0 bridgehead atoms. The predicted molar refractivity (Wildman–Crippen MR) is 105 cm³/mol. The molecule has 1 unspecified atom stereocenters. The van der Waals surface area contributed by atoms with E-state index in [0.717, 1.165) is 31.5 Å². The summed E-state index contributed by atoms with van der Waals surface area (Å²) in [5.41, 5.74) is 2.60. The molecule has 0 saturated carbocycles. The molecule has 1 N–H and O–H groups in total. The van der Waals surface area contributed by atoms with Crippen LogP contribution in [0, 0.1) is 26.7 Å². The number of carbonyl (C=O) groups is 2. The first kappa shape index (κ1) is 17.1. The van der Waals surface area contributed by atoms with Gasteiger partial charge in [0.2, 0.25) is 11.8 Å². The van der Waals surface area contributed by atoms with Gasteiger partial charge in [0.15, 0.2) is 5.13 Å². The molecule has 4 rings (SSSR count). The van der Waals surface area contributed by atoms with Gasteiger partial charge in [-0.3, -0.25) is 9.59 Å². The maximum Gasteiger partial charge on any atom is 0.231 e. The van der Waals surface area contributed by atoms with Crippen molar-refractivity contribution >= 4 is 55.5 Å². The average Bonchev–Trinajstić information content (AvgIpc) is 3.23. The molecule has 6 nitrogen and oxygen atoms in total. The van der Waals surface area contributed by atoms with Crippen LogP contribution in [0.25, 0.3) is 10.2 Å². The molecule has 3 aromatic rings. The summed E-state index contributed by atoms with van der Waals surface area (Å²) in [5.74, 6) is -0.567. The normalized spacial score (nSPS) is 17.3. The number of benzene rings is 1. The first-order chi connectivity index (χ1) is 12.4. The number of thiazole rings is 2. The molecule has 1 aromatic carbocycles. The number of rotatable bonds is 3. The van der Waals surface area contributed by atoms with Gasteiger partial charge in [-0.25, -0.2) is 9.97 Å².